The van der Waals surface area contributed by atoms with E-state index >= 15 is 0 Å². The fourth-order valence-electron chi connectivity index (χ4n) is 1.61. The number of benzene rings is 1. The largest absolute Gasteiger partial charge is 0.379 e. The maximum absolute atomic E-state index is 13.1. The molecule has 1 rings (SSSR count). The Kier molecular flexibility index (Phi) is 5.33. The molecule has 0 aliphatic heterocycles. The van der Waals surface area contributed by atoms with Crippen molar-refractivity contribution in [1.82, 2.24) is 0 Å². The van der Waals surface area contributed by atoms with Crippen LogP contribution in [0.25, 0.3) is 0 Å². The first-order chi connectivity index (χ1) is 7.65. The zero-order chi connectivity index (χ0) is 12.0. The van der Waals surface area contributed by atoms with E-state index in [2.05, 4.69) is 18.3 Å². The summed E-state index contributed by atoms with van der Waals surface area (Å²) in [6, 6.07) is 4.72. The van der Waals surface area contributed by atoms with E-state index in [4.69, 9.17) is 11.6 Å². The molecule has 0 saturated heterocycles. The monoisotopic (exact) mass is 241 g/mol. The first kappa shape index (κ1) is 13.0. The first-order valence-corrected chi connectivity index (χ1v) is 5.89. The maximum Gasteiger partial charge on any atom is 0.126 e. The van der Waals surface area contributed by atoms with Crippen LogP contribution in [0.15, 0.2) is 30.4 Å². The number of allylic oxidation sites excluding steroid dienone is 1. The summed E-state index contributed by atoms with van der Waals surface area (Å²) < 4.78 is 13.1. The second-order valence-electron chi connectivity index (χ2n) is 3.72. The molecule has 0 heterocycles. The van der Waals surface area contributed by atoms with Gasteiger partial charge in [-0.25, -0.2) is 4.39 Å². The Balaban J connectivity index is 2.76. The molecule has 0 fully saturated rings. The molecule has 16 heavy (non-hydrogen) atoms. The minimum atomic E-state index is -0.314. The van der Waals surface area contributed by atoms with E-state index in [1.54, 1.807) is 6.07 Å². The summed E-state index contributed by atoms with van der Waals surface area (Å²) in [6.45, 7) is 4.10. The molecule has 1 aromatic carbocycles. The van der Waals surface area contributed by atoms with Crippen molar-refractivity contribution in [2.75, 3.05) is 5.32 Å². The number of halogens is 2. The van der Waals surface area contributed by atoms with Gasteiger partial charge in [-0.3, -0.25) is 0 Å². The summed E-state index contributed by atoms with van der Waals surface area (Å²) in [4.78, 5) is 0. The van der Waals surface area contributed by atoms with Gasteiger partial charge in [-0.15, -0.1) is 0 Å². The van der Waals surface area contributed by atoms with E-state index < -0.39 is 0 Å². The van der Waals surface area contributed by atoms with Crippen LogP contribution < -0.4 is 5.32 Å². The van der Waals surface area contributed by atoms with Gasteiger partial charge < -0.3 is 5.32 Å². The fraction of sp³-hybridized carbons (Fsp3) is 0.385. The molecule has 0 saturated carbocycles. The van der Waals surface area contributed by atoms with Crippen LogP contribution in [0.4, 0.5) is 10.1 Å². The van der Waals surface area contributed by atoms with Crippen LogP contribution in [-0.2, 0) is 0 Å². The van der Waals surface area contributed by atoms with Gasteiger partial charge in [0.25, 0.3) is 0 Å². The Morgan fingerprint density at radius 3 is 2.75 bits per heavy atom. The molecule has 0 aliphatic carbocycles. The minimum Gasteiger partial charge on any atom is -0.379 e. The highest BCUT2D eigenvalue weighted by Crippen LogP contribution is 2.19. The average molecular weight is 242 g/mol. The van der Waals surface area contributed by atoms with E-state index in [0.717, 1.165) is 18.5 Å². The summed E-state index contributed by atoms with van der Waals surface area (Å²) in [7, 11) is 0. The Hall–Kier alpha value is -1.02. The normalized spacial score (nSPS) is 13.0. The van der Waals surface area contributed by atoms with Crippen molar-refractivity contribution in [3.8, 4) is 0 Å². The van der Waals surface area contributed by atoms with Gasteiger partial charge in [0.05, 0.1) is 0 Å². The summed E-state index contributed by atoms with van der Waals surface area (Å²) in [5.74, 6) is -0.314. The standard InChI is InChI=1S/C13H17ClFN/c1-3-5-12(6-4-2)16-13-8-10(14)7-11(15)9-13/h3,5,7-9,12,16H,4,6H2,1-2H3. The molecular formula is C13H17ClFN. The Morgan fingerprint density at radius 2 is 2.19 bits per heavy atom. The van der Waals surface area contributed by atoms with Crippen molar-refractivity contribution in [2.24, 2.45) is 0 Å². The topological polar surface area (TPSA) is 12.0 Å². The third-order valence-corrected chi connectivity index (χ3v) is 2.46. The molecule has 0 bridgehead atoms. The van der Waals surface area contributed by atoms with Crippen molar-refractivity contribution in [3.63, 3.8) is 0 Å². The summed E-state index contributed by atoms with van der Waals surface area (Å²) in [5, 5.41) is 3.67. The summed E-state index contributed by atoms with van der Waals surface area (Å²) in [5.41, 5.74) is 0.724. The molecule has 0 radical (unpaired) electrons. The van der Waals surface area contributed by atoms with Crippen LogP contribution in [0.3, 0.4) is 0 Å². The fourth-order valence-corrected chi connectivity index (χ4v) is 1.83. The van der Waals surface area contributed by atoms with Crippen LogP contribution >= 0.6 is 11.6 Å². The first-order valence-electron chi connectivity index (χ1n) is 5.51. The third-order valence-electron chi connectivity index (χ3n) is 2.24. The highest BCUT2D eigenvalue weighted by atomic mass is 35.5. The number of anilines is 1. The molecule has 3 heteroatoms. The van der Waals surface area contributed by atoms with Gasteiger partial charge in [0.1, 0.15) is 5.82 Å². The minimum absolute atomic E-state index is 0.230. The molecule has 88 valence electrons. The van der Waals surface area contributed by atoms with E-state index in [1.807, 2.05) is 13.0 Å². The SMILES string of the molecule is CC=CC(CCC)Nc1cc(F)cc(Cl)c1. The number of hydrogen-bond donors (Lipinski definition) is 1. The van der Waals surface area contributed by atoms with Crippen LogP contribution in [-0.4, -0.2) is 6.04 Å². The van der Waals surface area contributed by atoms with Crippen molar-refractivity contribution >= 4 is 17.3 Å². The van der Waals surface area contributed by atoms with E-state index in [9.17, 15) is 4.39 Å². The quantitative estimate of drug-likeness (QED) is 0.741. The lowest BCUT2D eigenvalue weighted by Crippen LogP contribution is -2.16. The molecule has 1 unspecified atom stereocenters. The number of rotatable bonds is 5. The van der Waals surface area contributed by atoms with Gasteiger partial charge in [-0.2, -0.15) is 0 Å². The third kappa shape index (κ3) is 4.23. The molecular weight excluding hydrogens is 225 g/mol. The molecule has 1 atom stereocenters. The maximum atomic E-state index is 13.1. The summed E-state index contributed by atoms with van der Waals surface area (Å²) in [6.07, 6.45) is 6.15. The van der Waals surface area contributed by atoms with Crippen molar-refractivity contribution in [1.29, 1.82) is 0 Å². The van der Waals surface area contributed by atoms with Gasteiger partial charge in [0.15, 0.2) is 0 Å². The van der Waals surface area contributed by atoms with Gasteiger partial charge in [0, 0.05) is 16.8 Å². The van der Waals surface area contributed by atoms with Gasteiger partial charge in [0.2, 0.25) is 0 Å². The van der Waals surface area contributed by atoms with Crippen LogP contribution in [0.2, 0.25) is 5.02 Å². The lowest BCUT2D eigenvalue weighted by molar-refractivity contribution is 0.627. The molecule has 0 aromatic heterocycles. The number of nitrogens with one attached hydrogen (secondary N) is 1. The van der Waals surface area contributed by atoms with Crippen LogP contribution in [0, 0.1) is 5.82 Å². The van der Waals surface area contributed by atoms with Crippen LogP contribution in [0.1, 0.15) is 26.7 Å². The Morgan fingerprint density at radius 1 is 1.44 bits per heavy atom. The highest BCUT2D eigenvalue weighted by molar-refractivity contribution is 6.30. The predicted molar refractivity (Wildman–Crippen MR) is 68.5 cm³/mol. The van der Waals surface area contributed by atoms with Crippen molar-refractivity contribution in [3.05, 3.63) is 41.2 Å². The van der Waals surface area contributed by atoms with E-state index in [-0.39, 0.29) is 11.9 Å². The second kappa shape index (κ2) is 6.54. The van der Waals surface area contributed by atoms with Crippen molar-refractivity contribution in [2.45, 2.75) is 32.7 Å². The summed E-state index contributed by atoms with van der Waals surface area (Å²) >= 11 is 5.79. The number of hydrogen-bond acceptors (Lipinski definition) is 1. The molecule has 0 spiro atoms. The molecule has 0 amide bonds. The van der Waals surface area contributed by atoms with Crippen molar-refractivity contribution < 1.29 is 4.39 Å². The Labute approximate surface area is 101 Å². The lowest BCUT2D eigenvalue weighted by Gasteiger charge is -2.15. The van der Waals surface area contributed by atoms with E-state index in [0.29, 0.717) is 5.02 Å². The van der Waals surface area contributed by atoms with E-state index in [1.165, 1.54) is 12.1 Å². The van der Waals surface area contributed by atoms with Gasteiger partial charge in [-0.1, -0.05) is 37.1 Å². The van der Waals surface area contributed by atoms with Gasteiger partial charge in [-0.05, 0) is 31.5 Å². The zero-order valence-electron chi connectivity index (χ0n) is 9.63. The molecule has 1 nitrogen and oxygen atoms in total. The smallest absolute Gasteiger partial charge is 0.126 e. The Bertz CT molecular complexity index is 343. The van der Waals surface area contributed by atoms with Crippen LogP contribution in [0.5, 0.6) is 0 Å². The zero-order valence-corrected chi connectivity index (χ0v) is 10.4. The molecule has 0 aliphatic rings. The predicted octanol–water partition coefficient (Wildman–Crippen LogP) is 4.64. The average Bonchev–Trinajstić information content (AvgIpc) is 2.16. The highest BCUT2D eigenvalue weighted by Gasteiger charge is 2.05. The lowest BCUT2D eigenvalue weighted by atomic mass is 10.1. The van der Waals surface area contributed by atoms with Gasteiger partial charge >= 0.3 is 0 Å². The second-order valence-corrected chi connectivity index (χ2v) is 4.16. The molecule has 1 aromatic rings. The molecule has 1 N–H and O–H groups in total.